The Hall–Kier alpha value is -1.75. The molecule has 0 aliphatic heterocycles. The van der Waals surface area contributed by atoms with Gasteiger partial charge in [0.2, 0.25) is 0 Å². The molecule has 0 bridgehead atoms. The minimum Gasteiger partial charge on any atom is -0.330 e. The summed E-state index contributed by atoms with van der Waals surface area (Å²) in [7, 11) is 0. The molecule has 0 N–H and O–H groups in total. The van der Waals surface area contributed by atoms with Crippen molar-refractivity contribution in [1.29, 1.82) is 0 Å². The molecule has 0 saturated carbocycles. The fourth-order valence-corrected chi connectivity index (χ4v) is 1.62. The van der Waals surface area contributed by atoms with Crippen molar-refractivity contribution in [3.05, 3.63) is 29.4 Å². The van der Waals surface area contributed by atoms with Gasteiger partial charge in [-0.15, -0.1) is 0 Å². The Bertz CT molecular complexity index is 523. The highest BCUT2D eigenvalue weighted by atomic mass is 35.5. The smallest absolute Gasteiger partial charge is 0.159 e. The predicted octanol–water partition coefficient (Wildman–Crippen LogP) is 1.83. The molecular weight excluding hydrogens is 228 g/mol. The zero-order valence-electron chi connectivity index (χ0n) is 8.59. The van der Waals surface area contributed by atoms with E-state index < -0.39 is 0 Å². The Morgan fingerprint density at radius 3 is 2.94 bits per heavy atom. The van der Waals surface area contributed by atoms with Gasteiger partial charge in [-0.1, -0.05) is 11.6 Å². The summed E-state index contributed by atoms with van der Waals surface area (Å²) in [6, 6.07) is 0. The number of hydrogen-bond acceptors (Lipinski definition) is 4. The maximum Gasteiger partial charge on any atom is 0.159 e. The van der Waals surface area contributed by atoms with Crippen LogP contribution in [0.3, 0.4) is 0 Å². The zero-order valence-corrected chi connectivity index (χ0v) is 9.35. The number of hydrogen-bond donors (Lipinski definition) is 0. The van der Waals surface area contributed by atoms with Crippen LogP contribution in [0.2, 0.25) is 5.15 Å². The molecule has 0 aromatic carbocycles. The Morgan fingerprint density at radius 2 is 2.25 bits per heavy atom. The van der Waals surface area contributed by atoms with Crippen LogP contribution in [0, 0.1) is 0 Å². The average Bonchev–Trinajstić information content (AvgIpc) is 2.76. The number of carbonyl (C=O) groups is 1. The molecule has 2 heterocycles. The molecule has 0 fully saturated rings. The first-order valence-corrected chi connectivity index (χ1v) is 5.13. The van der Waals surface area contributed by atoms with Crippen LogP contribution in [0.15, 0.2) is 18.7 Å². The van der Waals surface area contributed by atoms with Gasteiger partial charge in [-0.25, -0.2) is 15.0 Å². The van der Waals surface area contributed by atoms with E-state index >= 15 is 0 Å². The SMILES string of the molecule is CCn1ccnc1-c1ncnc(Cl)c1C=O. The molecule has 2 aromatic rings. The van der Waals surface area contributed by atoms with Gasteiger partial charge in [0.05, 0.1) is 5.56 Å². The van der Waals surface area contributed by atoms with E-state index in [1.165, 1.54) is 6.33 Å². The first-order chi connectivity index (χ1) is 7.77. The highest BCUT2D eigenvalue weighted by molar-refractivity contribution is 6.32. The molecule has 0 spiro atoms. The summed E-state index contributed by atoms with van der Waals surface area (Å²) in [5.74, 6) is 0.619. The molecule has 82 valence electrons. The molecule has 0 unspecified atom stereocenters. The summed E-state index contributed by atoms with van der Waals surface area (Å²) in [5, 5.41) is 0.144. The lowest BCUT2D eigenvalue weighted by Crippen LogP contribution is -2.02. The highest BCUT2D eigenvalue weighted by Crippen LogP contribution is 2.22. The predicted molar refractivity (Wildman–Crippen MR) is 59.3 cm³/mol. The third kappa shape index (κ3) is 1.69. The molecule has 5 nitrogen and oxygen atoms in total. The van der Waals surface area contributed by atoms with Crippen LogP contribution in [-0.4, -0.2) is 25.8 Å². The maximum absolute atomic E-state index is 10.9. The van der Waals surface area contributed by atoms with Crippen molar-refractivity contribution < 1.29 is 4.79 Å². The Labute approximate surface area is 97.1 Å². The number of nitrogens with zero attached hydrogens (tertiary/aromatic N) is 4. The van der Waals surface area contributed by atoms with Crippen molar-refractivity contribution >= 4 is 17.9 Å². The summed E-state index contributed by atoms with van der Waals surface area (Å²) in [5.41, 5.74) is 0.729. The van der Waals surface area contributed by atoms with E-state index in [0.717, 1.165) is 6.54 Å². The second-order valence-corrected chi connectivity index (χ2v) is 3.44. The van der Waals surface area contributed by atoms with E-state index in [0.29, 0.717) is 17.8 Å². The van der Waals surface area contributed by atoms with E-state index in [9.17, 15) is 4.79 Å². The zero-order chi connectivity index (χ0) is 11.5. The van der Waals surface area contributed by atoms with Crippen LogP contribution in [0.25, 0.3) is 11.5 Å². The molecule has 0 saturated heterocycles. The quantitative estimate of drug-likeness (QED) is 0.603. The van der Waals surface area contributed by atoms with Gasteiger partial charge in [-0.2, -0.15) is 0 Å². The number of imidazole rings is 1. The highest BCUT2D eigenvalue weighted by Gasteiger charge is 2.14. The first-order valence-electron chi connectivity index (χ1n) is 4.75. The fraction of sp³-hybridized carbons (Fsp3) is 0.200. The summed E-state index contributed by atoms with van der Waals surface area (Å²) in [6.07, 6.45) is 5.44. The van der Waals surface area contributed by atoms with Crippen molar-refractivity contribution in [3.63, 3.8) is 0 Å². The Balaban J connectivity index is 2.64. The minimum absolute atomic E-state index is 0.144. The molecular formula is C10H9ClN4O. The van der Waals surface area contributed by atoms with Crippen molar-refractivity contribution in [2.45, 2.75) is 13.5 Å². The molecule has 2 rings (SSSR count). The Morgan fingerprint density at radius 1 is 1.44 bits per heavy atom. The molecule has 16 heavy (non-hydrogen) atoms. The van der Waals surface area contributed by atoms with Gasteiger partial charge in [-0.05, 0) is 6.92 Å². The molecule has 0 radical (unpaired) electrons. The lowest BCUT2D eigenvalue weighted by atomic mass is 10.2. The number of carbonyl (C=O) groups excluding carboxylic acids is 1. The molecule has 0 atom stereocenters. The van der Waals surface area contributed by atoms with Crippen LogP contribution >= 0.6 is 11.6 Å². The number of rotatable bonds is 3. The van der Waals surface area contributed by atoms with Gasteiger partial charge in [-0.3, -0.25) is 4.79 Å². The van der Waals surface area contributed by atoms with Crippen LogP contribution in [0.4, 0.5) is 0 Å². The average molecular weight is 237 g/mol. The minimum atomic E-state index is 0.144. The molecule has 0 amide bonds. The number of aldehydes is 1. The van der Waals surface area contributed by atoms with Gasteiger partial charge in [0, 0.05) is 18.9 Å². The van der Waals surface area contributed by atoms with E-state index in [2.05, 4.69) is 15.0 Å². The molecule has 0 aliphatic rings. The van der Waals surface area contributed by atoms with Gasteiger partial charge in [0.15, 0.2) is 12.1 Å². The van der Waals surface area contributed by atoms with Crippen molar-refractivity contribution in [3.8, 4) is 11.5 Å². The maximum atomic E-state index is 10.9. The third-order valence-corrected chi connectivity index (χ3v) is 2.52. The normalized spacial score (nSPS) is 10.4. The lowest BCUT2D eigenvalue weighted by Gasteiger charge is -2.06. The summed E-state index contributed by atoms with van der Waals surface area (Å²) in [4.78, 5) is 22.9. The van der Waals surface area contributed by atoms with Gasteiger partial charge in [0.25, 0.3) is 0 Å². The topological polar surface area (TPSA) is 60.7 Å². The summed E-state index contributed by atoms with van der Waals surface area (Å²) in [6.45, 7) is 2.73. The largest absolute Gasteiger partial charge is 0.330 e. The van der Waals surface area contributed by atoms with E-state index in [-0.39, 0.29) is 10.7 Å². The fourth-order valence-electron chi connectivity index (χ4n) is 1.44. The van der Waals surface area contributed by atoms with Crippen LogP contribution in [-0.2, 0) is 6.54 Å². The summed E-state index contributed by atoms with van der Waals surface area (Å²) >= 11 is 5.82. The van der Waals surface area contributed by atoms with Crippen molar-refractivity contribution in [1.82, 2.24) is 19.5 Å². The standard InChI is InChI=1S/C10H9ClN4O/c1-2-15-4-3-12-10(15)8-7(5-16)9(11)14-6-13-8/h3-6H,2H2,1H3. The van der Waals surface area contributed by atoms with Gasteiger partial charge < -0.3 is 4.57 Å². The molecule has 0 aliphatic carbocycles. The molecule has 6 heteroatoms. The van der Waals surface area contributed by atoms with Gasteiger partial charge >= 0.3 is 0 Å². The summed E-state index contributed by atoms with van der Waals surface area (Å²) < 4.78 is 1.88. The monoisotopic (exact) mass is 236 g/mol. The number of aryl methyl sites for hydroxylation is 1. The van der Waals surface area contributed by atoms with Crippen molar-refractivity contribution in [2.75, 3.05) is 0 Å². The number of aromatic nitrogens is 4. The van der Waals surface area contributed by atoms with E-state index in [1.54, 1.807) is 6.20 Å². The van der Waals surface area contributed by atoms with E-state index in [4.69, 9.17) is 11.6 Å². The van der Waals surface area contributed by atoms with E-state index in [1.807, 2.05) is 17.7 Å². The first kappa shape index (κ1) is 10.8. The number of halogens is 1. The third-order valence-electron chi connectivity index (χ3n) is 2.22. The van der Waals surface area contributed by atoms with Crippen molar-refractivity contribution in [2.24, 2.45) is 0 Å². The Kier molecular flexibility index (Phi) is 2.96. The molecule has 2 aromatic heterocycles. The lowest BCUT2D eigenvalue weighted by molar-refractivity contribution is 0.112. The van der Waals surface area contributed by atoms with Gasteiger partial charge in [0.1, 0.15) is 17.2 Å². The van der Waals surface area contributed by atoms with Crippen LogP contribution in [0.5, 0.6) is 0 Å². The second kappa shape index (κ2) is 4.40. The second-order valence-electron chi connectivity index (χ2n) is 3.08. The van der Waals surface area contributed by atoms with Crippen LogP contribution in [0.1, 0.15) is 17.3 Å². The van der Waals surface area contributed by atoms with Crippen LogP contribution < -0.4 is 0 Å².